The molecule has 0 radical (unpaired) electrons. The first-order valence-corrected chi connectivity index (χ1v) is 6.40. The van der Waals surface area contributed by atoms with Crippen LogP contribution in [0.4, 0.5) is 0 Å². The van der Waals surface area contributed by atoms with E-state index in [-0.39, 0.29) is 0 Å². The summed E-state index contributed by atoms with van der Waals surface area (Å²) in [5, 5.41) is 0.779. The van der Waals surface area contributed by atoms with Gasteiger partial charge < -0.3 is 0 Å². The minimum atomic E-state index is 0.779. The van der Waals surface area contributed by atoms with E-state index in [0.29, 0.717) is 0 Å². The molecule has 0 bridgehead atoms. The minimum Gasteiger partial charge on any atom is -0.261 e. The number of benzene rings is 1. The zero-order valence-corrected chi connectivity index (χ0v) is 10.6. The quantitative estimate of drug-likeness (QED) is 0.751. The molecule has 0 saturated heterocycles. The van der Waals surface area contributed by atoms with Gasteiger partial charge in [0.05, 0.1) is 0 Å². The second kappa shape index (κ2) is 5.37. The fourth-order valence-electron chi connectivity index (χ4n) is 1.28. The molecule has 0 atom stereocenters. The lowest BCUT2D eigenvalue weighted by molar-refractivity contribution is 1.16. The third kappa shape index (κ3) is 3.26. The Balaban J connectivity index is 1.97. The van der Waals surface area contributed by atoms with Crippen molar-refractivity contribution in [1.82, 2.24) is 4.98 Å². The van der Waals surface area contributed by atoms with Gasteiger partial charge in [-0.1, -0.05) is 17.7 Å². The molecule has 1 nitrogen and oxygen atoms in total. The normalized spacial score (nSPS) is 10.4. The smallest absolute Gasteiger partial charge is 0.0406 e. The zero-order valence-electron chi connectivity index (χ0n) is 8.98. The topological polar surface area (TPSA) is 12.9 Å². The van der Waals surface area contributed by atoms with E-state index in [1.807, 2.05) is 43.5 Å². The van der Waals surface area contributed by atoms with Gasteiger partial charge in [0.1, 0.15) is 0 Å². The molecular weight excluding hydrogens is 238 g/mol. The van der Waals surface area contributed by atoms with Crippen molar-refractivity contribution in [2.45, 2.75) is 17.6 Å². The first-order valence-electron chi connectivity index (χ1n) is 5.04. The third-order valence-corrected chi connectivity index (χ3v) is 3.53. The Bertz CT molecular complexity index is 405. The third-order valence-electron chi connectivity index (χ3n) is 2.19. The number of hydrogen-bond donors (Lipinski definition) is 0. The molecule has 3 heteroatoms. The maximum atomic E-state index is 5.83. The molecule has 1 aromatic carbocycles. The van der Waals surface area contributed by atoms with Crippen molar-refractivity contribution in [1.29, 1.82) is 0 Å². The van der Waals surface area contributed by atoms with Crippen LogP contribution in [-0.4, -0.2) is 4.98 Å². The van der Waals surface area contributed by atoms with E-state index in [2.05, 4.69) is 11.1 Å². The molecule has 0 saturated carbocycles. The van der Waals surface area contributed by atoms with Gasteiger partial charge in [-0.2, -0.15) is 0 Å². The maximum absolute atomic E-state index is 5.83. The predicted octanol–water partition coefficient (Wildman–Crippen LogP) is 4.34. The van der Waals surface area contributed by atoms with E-state index in [0.717, 1.165) is 16.5 Å². The van der Waals surface area contributed by atoms with Crippen LogP contribution >= 0.6 is 23.4 Å². The van der Waals surface area contributed by atoms with Gasteiger partial charge in [-0.05, 0) is 42.8 Å². The van der Waals surface area contributed by atoms with Crippen LogP contribution in [0.25, 0.3) is 0 Å². The fraction of sp³-hybridized carbons (Fsp3) is 0.154. The summed E-state index contributed by atoms with van der Waals surface area (Å²) in [6.45, 7) is 2.00. The highest BCUT2D eigenvalue weighted by Gasteiger charge is 1.97. The summed E-state index contributed by atoms with van der Waals surface area (Å²) >= 11 is 7.62. The second-order valence-corrected chi connectivity index (χ2v) is 5.04. The first-order chi connectivity index (χ1) is 7.74. The Labute approximate surface area is 105 Å². The molecular formula is C13H12ClNS. The van der Waals surface area contributed by atoms with Crippen LogP contribution in [0.2, 0.25) is 5.02 Å². The number of halogens is 1. The van der Waals surface area contributed by atoms with Crippen molar-refractivity contribution in [3.63, 3.8) is 0 Å². The highest BCUT2D eigenvalue weighted by molar-refractivity contribution is 7.98. The Morgan fingerprint density at radius 1 is 1.12 bits per heavy atom. The van der Waals surface area contributed by atoms with Gasteiger partial charge in [-0.3, -0.25) is 4.98 Å². The average molecular weight is 250 g/mol. The Kier molecular flexibility index (Phi) is 3.86. The molecule has 82 valence electrons. The van der Waals surface area contributed by atoms with E-state index in [1.165, 1.54) is 10.5 Å². The highest BCUT2D eigenvalue weighted by Crippen LogP contribution is 2.23. The van der Waals surface area contributed by atoms with Crippen molar-refractivity contribution in [3.05, 3.63) is 58.9 Å². The molecule has 2 rings (SSSR count). The van der Waals surface area contributed by atoms with Gasteiger partial charge in [0.25, 0.3) is 0 Å². The van der Waals surface area contributed by atoms with Crippen LogP contribution in [-0.2, 0) is 5.75 Å². The molecule has 2 aromatic rings. The van der Waals surface area contributed by atoms with Crippen molar-refractivity contribution in [3.8, 4) is 0 Å². The molecule has 0 aliphatic heterocycles. The molecule has 1 heterocycles. The maximum Gasteiger partial charge on any atom is 0.0406 e. The SMILES string of the molecule is Cc1ccc(CSc2ccc(Cl)cc2)cn1. The molecule has 1 aromatic heterocycles. The van der Waals surface area contributed by atoms with Crippen LogP contribution in [0.15, 0.2) is 47.5 Å². The average Bonchev–Trinajstić information content (AvgIpc) is 2.30. The Hall–Kier alpha value is -0.990. The molecule has 0 unspecified atom stereocenters. The van der Waals surface area contributed by atoms with E-state index < -0.39 is 0 Å². The van der Waals surface area contributed by atoms with Gasteiger partial charge in [0.15, 0.2) is 0 Å². The molecule has 0 amide bonds. The lowest BCUT2D eigenvalue weighted by Gasteiger charge is -2.02. The molecule has 0 aliphatic carbocycles. The predicted molar refractivity (Wildman–Crippen MR) is 70.0 cm³/mol. The number of nitrogens with zero attached hydrogens (tertiary/aromatic N) is 1. The number of hydrogen-bond acceptors (Lipinski definition) is 2. The number of aromatic nitrogens is 1. The number of thioether (sulfide) groups is 1. The Morgan fingerprint density at radius 3 is 2.50 bits per heavy atom. The van der Waals surface area contributed by atoms with Crippen molar-refractivity contribution in [2.24, 2.45) is 0 Å². The lowest BCUT2D eigenvalue weighted by Crippen LogP contribution is -1.84. The summed E-state index contributed by atoms with van der Waals surface area (Å²) in [6, 6.07) is 12.1. The molecule has 0 spiro atoms. The van der Waals surface area contributed by atoms with E-state index in [4.69, 9.17) is 11.6 Å². The highest BCUT2D eigenvalue weighted by atomic mass is 35.5. The van der Waals surface area contributed by atoms with Crippen LogP contribution in [0.3, 0.4) is 0 Å². The van der Waals surface area contributed by atoms with Crippen molar-refractivity contribution in [2.75, 3.05) is 0 Å². The summed E-state index contributed by atoms with van der Waals surface area (Å²) in [5.41, 5.74) is 2.30. The van der Waals surface area contributed by atoms with E-state index in [9.17, 15) is 0 Å². The van der Waals surface area contributed by atoms with Crippen LogP contribution in [0, 0.1) is 6.92 Å². The number of rotatable bonds is 3. The second-order valence-electron chi connectivity index (χ2n) is 3.55. The van der Waals surface area contributed by atoms with E-state index in [1.54, 1.807) is 11.8 Å². The summed E-state index contributed by atoms with van der Waals surface area (Å²) in [6.07, 6.45) is 1.93. The van der Waals surface area contributed by atoms with Gasteiger partial charge >= 0.3 is 0 Å². The molecule has 0 fully saturated rings. The summed E-state index contributed by atoms with van der Waals surface area (Å²) in [5.74, 6) is 0.939. The molecule has 0 aliphatic rings. The van der Waals surface area contributed by atoms with Crippen molar-refractivity contribution >= 4 is 23.4 Å². The van der Waals surface area contributed by atoms with Crippen LogP contribution in [0.5, 0.6) is 0 Å². The number of aryl methyl sites for hydroxylation is 1. The fourth-order valence-corrected chi connectivity index (χ4v) is 2.24. The summed E-state index contributed by atoms with van der Waals surface area (Å²) in [4.78, 5) is 5.50. The molecule has 0 N–H and O–H groups in total. The van der Waals surface area contributed by atoms with Crippen molar-refractivity contribution < 1.29 is 0 Å². The molecule has 16 heavy (non-hydrogen) atoms. The zero-order chi connectivity index (χ0) is 11.4. The van der Waals surface area contributed by atoms with Gasteiger partial charge in [-0.15, -0.1) is 11.8 Å². The summed E-state index contributed by atoms with van der Waals surface area (Å²) < 4.78 is 0. The van der Waals surface area contributed by atoms with Gasteiger partial charge in [0.2, 0.25) is 0 Å². The summed E-state index contributed by atoms with van der Waals surface area (Å²) in [7, 11) is 0. The lowest BCUT2D eigenvalue weighted by atomic mass is 10.3. The standard InChI is InChI=1S/C13H12ClNS/c1-10-2-3-11(8-15-10)9-16-13-6-4-12(14)5-7-13/h2-8H,9H2,1H3. The van der Waals surface area contributed by atoms with Gasteiger partial charge in [-0.25, -0.2) is 0 Å². The number of pyridine rings is 1. The largest absolute Gasteiger partial charge is 0.261 e. The monoisotopic (exact) mass is 249 g/mol. The van der Waals surface area contributed by atoms with E-state index >= 15 is 0 Å². The van der Waals surface area contributed by atoms with Crippen LogP contribution in [0.1, 0.15) is 11.3 Å². The minimum absolute atomic E-state index is 0.779. The van der Waals surface area contributed by atoms with Gasteiger partial charge in [0, 0.05) is 27.6 Å². The van der Waals surface area contributed by atoms with Crippen LogP contribution < -0.4 is 0 Å². The first kappa shape index (κ1) is 11.5. The Morgan fingerprint density at radius 2 is 1.88 bits per heavy atom.